The van der Waals surface area contributed by atoms with Crippen LogP contribution in [-0.4, -0.2) is 28.1 Å². The zero-order valence-electron chi connectivity index (χ0n) is 14.1. The number of carbonyl (C=O) groups excluding carboxylic acids is 2. The van der Waals surface area contributed by atoms with Gasteiger partial charge in [-0.15, -0.1) is 0 Å². The van der Waals surface area contributed by atoms with Crippen molar-refractivity contribution in [1.82, 2.24) is 9.78 Å². The Kier molecular flexibility index (Phi) is 4.23. The van der Waals surface area contributed by atoms with Gasteiger partial charge in [-0.05, 0) is 42.8 Å². The number of aromatic nitrogens is 2. The number of carbonyl (C=O) groups is 2. The number of hydrogen-bond acceptors (Lipinski definition) is 3. The van der Waals surface area contributed by atoms with Gasteiger partial charge in [0.05, 0.1) is 11.3 Å². The van der Waals surface area contributed by atoms with E-state index in [2.05, 4.69) is 10.4 Å². The topological polar surface area (TPSA) is 67.2 Å². The number of rotatable bonds is 4. The number of benzene rings is 2. The molecule has 130 valence electrons. The van der Waals surface area contributed by atoms with E-state index in [0.717, 1.165) is 18.7 Å². The van der Waals surface area contributed by atoms with Crippen molar-refractivity contribution in [3.05, 3.63) is 72.6 Å². The molecule has 6 heteroatoms. The van der Waals surface area contributed by atoms with Crippen LogP contribution in [0.1, 0.15) is 23.2 Å². The average Bonchev–Trinajstić information content (AvgIpc) is 3.33. The van der Waals surface area contributed by atoms with Gasteiger partial charge < -0.3 is 10.2 Å². The van der Waals surface area contributed by atoms with Gasteiger partial charge in [0.25, 0.3) is 5.91 Å². The van der Waals surface area contributed by atoms with Gasteiger partial charge in [-0.3, -0.25) is 9.59 Å². The minimum Gasteiger partial charge on any atom is -0.322 e. The van der Waals surface area contributed by atoms with Gasteiger partial charge in [-0.25, -0.2) is 4.68 Å². The van der Waals surface area contributed by atoms with Crippen LogP contribution >= 0.6 is 0 Å². The molecule has 1 aliphatic rings. The Balaban J connectivity index is 1.59. The summed E-state index contributed by atoms with van der Waals surface area (Å²) in [5.74, 6) is -0.0986. The number of nitrogens with one attached hydrogen (secondary N) is 1. The van der Waals surface area contributed by atoms with Gasteiger partial charge in [0.1, 0.15) is 0 Å². The van der Waals surface area contributed by atoms with Crippen LogP contribution in [0.15, 0.2) is 67.0 Å². The third-order valence-electron chi connectivity index (χ3n) is 4.39. The maximum Gasteiger partial charge on any atom is 0.257 e. The molecule has 0 spiro atoms. The maximum atomic E-state index is 12.8. The van der Waals surface area contributed by atoms with E-state index in [1.165, 1.54) is 0 Å². The SMILES string of the molecule is O=C(Nc1cccc(N2CCCC2=O)c1)c1ccccc1-n1cccn1. The lowest BCUT2D eigenvalue weighted by atomic mass is 10.1. The van der Waals surface area contributed by atoms with Gasteiger partial charge in [-0.1, -0.05) is 18.2 Å². The summed E-state index contributed by atoms with van der Waals surface area (Å²) in [6.45, 7) is 0.721. The van der Waals surface area contributed by atoms with E-state index in [1.807, 2.05) is 48.5 Å². The second-order valence-electron chi connectivity index (χ2n) is 6.12. The highest BCUT2D eigenvalue weighted by molar-refractivity contribution is 6.07. The fourth-order valence-corrected chi connectivity index (χ4v) is 3.15. The summed E-state index contributed by atoms with van der Waals surface area (Å²) in [6.07, 6.45) is 4.91. The Labute approximate surface area is 151 Å². The fourth-order valence-electron chi connectivity index (χ4n) is 3.15. The molecule has 0 aliphatic carbocycles. The summed E-state index contributed by atoms with van der Waals surface area (Å²) in [7, 11) is 0. The molecule has 1 aromatic heterocycles. The number of hydrogen-bond donors (Lipinski definition) is 1. The molecule has 4 rings (SSSR count). The van der Waals surface area contributed by atoms with E-state index in [9.17, 15) is 9.59 Å². The summed E-state index contributed by atoms with van der Waals surface area (Å²) in [5, 5.41) is 7.13. The number of para-hydroxylation sites is 1. The van der Waals surface area contributed by atoms with Crippen LogP contribution in [0.2, 0.25) is 0 Å². The first kappa shape index (κ1) is 16.1. The lowest BCUT2D eigenvalue weighted by Gasteiger charge is -2.17. The number of anilines is 2. The predicted molar refractivity (Wildman–Crippen MR) is 99.5 cm³/mol. The predicted octanol–water partition coefficient (Wildman–Crippen LogP) is 3.25. The summed E-state index contributed by atoms with van der Waals surface area (Å²) in [4.78, 5) is 26.5. The molecule has 6 nitrogen and oxygen atoms in total. The van der Waals surface area contributed by atoms with Crippen molar-refractivity contribution in [1.29, 1.82) is 0 Å². The van der Waals surface area contributed by atoms with Crippen LogP contribution < -0.4 is 10.2 Å². The Hall–Kier alpha value is -3.41. The minimum atomic E-state index is -0.221. The molecule has 0 atom stereocenters. The van der Waals surface area contributed by atoms with Crippen LogP contribution in [0.3, 0.4) is 0 Å². The van der Waals surface area contributed by atoms with Gasteiger partial charge in [0.15, 0.2) is 0 Å². The van der Waals surface area contributed by atoms with Crippen molar-refractivity contribution in [2.24, 2.45) is 0 Å². The fraction of sp³-hybridized carbons (Fsp3) is 0.150. The lowest BCUT2D eigenvalue weighted by Crippen LogP contribution is -2.23. The standard InChI is InChI=1S/C20H18N4O2/c25-19-10-4-12-23(19)16-7-3-6-15(14-16)22-20(26)17-8-1-2-9-18(17)24-13-5-11-21-24/h1-3,5-9,11,13-14H,4,10,12H2,(H,22,26). The van der Waals surface area contributed by atoms with Crippen molar-refractivity contribution in [2.45, 2.75) is 12.8 Å². The Bertz CT molecular complexity index is 950. The van der Waals surface area contributed by atoms with E-state index in [-0.39, 0.29) is 11.8 Å². The van der Waals surface area contributed by atoms with E-state index in [1.54, 1.807) is 28.0 Å². The number of amides is 2. The molecule has 1 N–H and O–H groups in total. The van der Waals surface area contributed by atoms with Crippen molar-refractivity contribution in [3.8, 4) is 5.69 Å². The zero-order chi connectivity index (χ0) is 17.9. The molecule has 0 bridgehead atoms. The smallest absolute Gasteiger partial charge is 0.257 e. The molecule has 3 aromatic rings. The number of nitrogens with zero attached hydrogens (tertiary/aromatic N) is 3. The van der Waals surface area contributed by atoms with Crippen LogP contribution in [0.25, 0.3) is 5.69 Å². The van der Waals surface area contributed by atoms with Gasteiger partial charge in [-0.2, -0.15) is 5.10 Å². The normalized spacial score (nSPS) is 13.8. The summed E-state index contributed by atoms with van der Waals surface area (Å²) < 4.78 is 1.66. The first-order chi connectivity index (χ1) is 12.7. The highest BCUT2D eigenvalue weighted by Gasteiger charge is 2.22. The van der Waals surface area contributed by atoms with Gasteiger partial charge in [0, 0.05) is 36.7 Å². The summed E-state index contributed by atoms with van der Waals surface area (Å²) in [5.41, 5.74) is 2.70. The molecule has 2 heterocycles. The van der Waals surface area contributed by atoms with Gasteiger partial charge >= 0.3 is 0 Å². The summed E-state index contributed by atoms with van der Waals surface area (Å²) in [6, 6.07) is 16.5. The highest BCUT2D eigenvalue weighted by atomic mass is 16.2. The molecule has 1 saturated heterocycles. The van der Waals surface area contributed by atoms with Gasteiger partial charge in [0.2, 0.25) is 5.91 Å². The van der Waals surface area contributed by atoms with Crippen LogP contribution in [0.5, 0.6) is 0 Å². The van der Waals surface area contributed by atoms with Crippen molar-refractivity contribution in [3.63, 3.8) is 0 Å². The zero-order valence-corrected chi connectivity index (χ0v) is 14.1. The van der Waals surface area contributed by atoms with Crippen molar-refractivity contribution in [2.75, 3.05) is 16.8 Å². The minimum absolute atomic E-state index is 0.123. The monoisotopic (exact) mass is 346 g/mol. The molecule has 2 amide bonds. The van der Waals surface area contributed by atoms with Crippen LogP contribution in [0, 0.1) is 0 Å². The Morgan fingerprint density at radius 3 is 2.73 bits per heavy atom. The molecule has 1 aliphatic heterocycles. The summed E-state index contributed by atoms with van der Waals surface area (Å²) >= 11 is 0. The molecule has 2 aromatic carbocycles. The highest BCUT2D eigenvalue weighted by Crippen LogP contribution is 2.25. The molecule has 0 saturated carbocycles. The van der Waals surface area contributed by atoms with Crippen molar-refractivity contribution >= 4 is 23.2 Å². The van der Waals surface area contributed by atoms with Crippen molar-refractivity contribution < 1.29 is 9.59 Å². The molecule has 1 fully saturated rings. The maximum absolute atomic E-state index is 12.8. The quantitative estimate of drug-likeness (QED) is 0.788. The Morgan fingerprint density at radius 2 is 1.96 bits per heavy atom. The molecular formula is C20H18N4O2. The molecule has 0 unspecified atom stereocenters. The lowest BCUT2D eigenvalue weighted by molar-refractivity contribution is -0.117. The van der Waals surface area contributed by atoms with Crippen LogP contribution in [0.4, 0.5) is 11.4 Å². The average molecular weight is 346 g/mol. The molecule has 0 radical (unpaired) electrons. The first-order valence-electron chi connectivity index (χ1n) is 8.53. The van der Waals surface area contributed by atoms with Crippen LogP contribution in [-0.2, 0) is 4.79 Å². The molecule has 26 heavy (non-hydrogen) atoms. The third kappa shape index (κ3) is 3.09. The van der Waals surface area contributed by atoms with E-state index >= 15 is 0 Å². The first-order valence-corrected chi connectivity index (χ1v) is 8.53. The van der Waals surface area contributed by atoms with E-state index in [4.69, 9.17) is 0 Å². The third-order valence-corrected chi connectivity index (χ3v) is 4.39. The molecular weight excluding hydrogens is 328 g/mol. The Morgan fingerprint density at radius 1 is 1.08 bits per heavy atom. The second kappa shape index (κ2) is 6.84. The van der Waals surface area contributed by atoms with E-state index < -0.39 is 0 Å². The largest absolute Gasteiger partial charge is 0.322 e. The second-order valence-corrected chi connectivity index (χ2v) is 6.12. The van der Waals surface area contributed by atoms with E-state index in [0.29, 0.717) is 23.4 Å².